The van der Waals surface area contributed by atoms with Crippen molar-refractivity contribution < 1.29 is 9.90 Å². The number of carboxylic acid groups (broad SMARTS) is 1. The van der Waals surface area contributed by atoms with Gasteiger partial charge in [0, 0.05) is 4.47 Å². The molecular weight excluding hydrogens is 363 g/mol. The van der Waals surface area contributed by atoms with Gasteiger partial charge < -0.3 is 10.4 Å². The first kappa shape index (κ1) is 13.6. The van der Waals surface area contributed by atoms with Crippen LogP contribution in [0.1, 0.15) is 10.5 Å². The van der Waals surface area contributed by atoms with Crippen LogP contribution in [0.3, 0.4) is 0 Å². The number of carbonyl (C=O) groups is 1. The summed E-state index contributed by atoms with van der Waals surface area (Å²) < 4.78 is 0.669. The van der Waals surface area contributed by atoms with Crippen molar-refractivity contribution >= 4 is 67.1 Å². The van der Waals surface area contributed by atoms with Crippen LogP contribution >= 0.6 is 50.5 Å². The van der Waals surface area contributed by atoms with Crippen LogP contribution in [0.4, 0.5) is 10.7 Å². The molecule has 1 heterocycles. The lowest BCUT2D eigenvalue weighted by molar-refractivity contribution is 0.0692. The molecule has 2 rings (SSSR count). The maximum absolute atomic E-state index is 10.9. The lowest BCUT2D eigenvalue weighted by Gasteiger charge is -2.09. The normalized spacial score (nSPS) is 10.4. The molecule has 0 amide bonds. The first-order valence-corrected chi connectivity index (χ1v) is 7.01. The molecule has 0 spiro atoms. The van der Waals surface area contributed by atoms with Crippen molar-refractivity contribution in [3.63, 3.8) is 0 Å². The molecule has 18 heavy (non-hydrogen) atoms. The molecule has 0 saturated heterocycles. The Morgan fingerprint density at radius 3 is 2.78 bits per heavy atom. The number of carboxylic acids is 1. The molecule has 0 atom stereocenters. The van der Waals surface area contributed by atoms with E-state index in [-0.39, 0.29) is 5.69 Å². The summed E-state index contributed by atoms with van der Waals surface area (Å²) in [6.45, 7) is 0. The van der Waals surface area contributed by atoms with E-state index in [9.17, 15) is 4.79 Å². The first-order chi connectivity index (χ1) is 8.50. The SMILES string of the molecule is O=C(O)c1ncsc1Nc1ccc(Br)c(Cl)c1Cl. The Bertz CT molecular complexity index is 618. The van der Waals surface area contributed by atoms with Gasteiger partial charge in [0.1, 0.15) is 5.00 Å². The highest BCUT2D eigenvalue weighted by Crippen LogP contribution is 2.38. The average molecular weight is 368 g/mol. The summed E-state index contributed by atoms with van der Waals surface area (Å²) in [5, 5.41) is 12.9. The van der Waals surface area contributed by atoms with E-state index in [1.165, 1.54) is 16.8 Å². The van der Waals surface area contributed by atoms with Crippen LogP contribution < -0.4 is 5.32 Å². The number of hydrogen-bond acceptors (Lipinski definition) is 4. The Hall–Kier alpha value is -0.820. The van der Waals surface area contributed by atoms with Crippen LogP contribution in [-0.4, -0.2) is 16.1 Å². The highest BCUT2D eigenvalue weighted by atomic mass is 79.9. The molecule has 0 bridgehead atoms. The quantitative estimate of drug-likeness (QED) is 0.774. The van der Waals surface area contributed by atoms with Gasteiger partial charge in [0.2, 0.25) is 0 Å². The molecule has 2 N–H and O–H groups in total. The Morgan fingerprint density at radius 2 is 2.11 bits per heavy atom. The molecule has 94 valence electrons. The summed E-state index contributed by atoms with van der Waals surface area (Å²) in [6.07, 6.45) is 0. The number of nitrogens with one attached hydrogen (secondary N) is 1. The van der Waals surface area contributed by atoms with E-state index in [4.69, 9.17) is 28.3 Å². The van der Waals surface area contributed by atoms with Crippen molar-refractivity contribution in [1.82, 2.24) is 4.98 Å². The minimum absolute atomic E-state index is 0.0462. The van der Waals surface area contributed by atoms with E-state index < -0.39 is 5.97 Å². The fourth-order valence-corrected chi connectivity index (χ4v) is 2.74. The molecule has 0 radical (unpaired) electrons. The number of nitrogens with zero attached hydrogens (tertiary/aromatic N) is 1. The number of thiazole rings is 1. The second-order valence-corrected chi connectivity index (χ2v) is 5.65. The van der Waals surface area contributed by atoms with Gasteiger partial charge in [-0.2, -0.15) is 0 Å². The Balaban J connectivity index is 2.38. The third-order valence-electron chi connectivity index (χ3n) is 2.05. The first-order valence-electron chi connectivity index (χ1n) is 4.58. The van der Waals surface area contributed by atoms with Crippen LogP contribution in [-0.2, 0) is 0 Å². The number of aromatic nitrogens is 1. The van der Waals surface area contributed by atoms with Crippen molar-refractivity contribution in [1.29, 1.82) is 0 Å². The van der Waals surface area contributed by atoms with Gasteiger partial charge in [-0.25, -0.2) is 9.78 Å². The van der Waals surface area contributed by atoms with E-state index in [2.05, 4.69) is 26.2 Å². The number of anilines is 2. The summed E-state index contributed by atoms with van der Waals surface area (Å²) in [5.74, 6) is -1.10. The monoisotopic (exact) mass is 366 g/mol. The van der Waals surface area contributed by atoms with Crippen molar-refractivity contribution in [2.45, 2.75) is 0 Å². The number of hydrogen-bond donors (Lipinski definition) is 2. The summed E-state index contributed by atoms with van der Waals surface area (Å²) in [7, 11) is 0. The van der Waals surface area contributed by atoms with E-state index in [1.54, 1.807) is 12.1 Å². The lowest BCUT2D eigenvalue weighted by atomic mass is 10.3. The molecule has 8 heteroatoms. The van der Waals surface area contributed by atoms with Crippen molar-refractivity contribution in [2.75, 3.05) is 5.32 Å². The molecule has 1 aromatic carbocycles. The van der Waals surface area contributed by atoms with Gasteiger partial charge in [0.15, 0.2) is 5.69 Å². The van der Waals surface area contributed by atoms with E-state index in [1.807, 2.05) is 0 Å². The standard InChI is InChI=1S/C10H5BrCl2N2O2S/c11-4-1-2-5(7(13)6(4)12)15-9-8(10(16)17)14-3-18-9/h1-3,15H,(H,16,17). The Kier molecular flexibility index (Phi) is 4.11. The molecule has 0 aliphatic rings. The zero-order valence-electron chi connectivity index (χ0n) is 8.58. The molecule has 0 unspecified atom stereocenters. The van der Waals surface area contributed by atoms with E-state index >= 15 is 0 Å². The van der Waals surface area contributed by atoms with Crippen LogP contribution in [0.5, 0.6) is 0 Å². The van der Waals surface area contributed by atoms with Crippen molar-refractivity contribution in [2.24, 2.45) is 0 Å². The van der Waals surface area contributed by atoms with E-state index in [0.29, 0.717) is 25.2 Å². The van der Waals surface area contributed by atoms with Gasteiger partial charge in [-0.15, -0.1) is 11.3 Å². The van der Waals surface area contributed by atoms with Crippen LogP contribution in [0.15, 0.2) is 22.1 Å². The van der Waals surface area contributed by atoms with Gasteiger partial charge in [0.05, 0.1) is 21.2 Å². The van der Waals surface area contributed by atoms with Crippen LogP contribution in [0.25, 0.3) is 0 Å². The molecule has 1 aromatic heterocycles. The van der Waals surface area contributed by atoms with Gasteiger partial charge in [-0.3, -0.25) is 0 Å². The molecule has 0 saturated carbocycles. The molecule has 0 aliphatic carbocycles. The zero-order valence-corrected chi connectivity index (χ0v) is 12.5. The fourth-order valence-electron chi connectivity index (χ4n) is 1.23. The molecular formula is C10H5BrCl2N2O2S. The average Bonchev–Trinajstić information content (AvgIpc) is 2.78. The second-order valence-electron chi connectivity index (χ2n) is 3.18. The lowest BCUT2D eigenvalue weighted by Crippen LogP contribution is -2.01. The summed E-state index contributed by atoms with van der Waals surface area (Å²) >= 11 is 16.5. The van der Waals surface area contributed by atoms with Crippen LogP contribution in [0, 0.1) is 0 Å². The summed E-state index contributed by atoms with van der Waals surface area (Å²) in [5.41, 5.74) is 1.92. The molecule has 4 nitrogen and oxygen atoms in total. The highest BCUT2D eigenvalue weighted by Gasteiger charge is 2.16. The topological polar surface area (TPSA) is 62.2 Å². The third kappa shape index (κ3) is 2.61. The smallest absolute Gasteiger partial charge is 0.357 e. The fraction of sp³-hybridized carbons (Fsp3) is 0. The summed E-state index contributed by atoms with van der Waals surface area (Å²) in [6, 6.07) is 3.42. The molecule has 0 fully saturated rings. The largest absolute Gasteiger partial charge is 0.476 e. The van der Waals surface area contributed by atoms with Crippen molar-refractivity contribution in [3.05, 3.63) is 37.9 Å². The maximum atomic E-state index is 10.9. The summed E-state index contributed by atoms with van der Waals surface area (Å²) in [4.78, 5) is 14.7. The number of rotatable bonds is 3. The third-order valence-corrected chi connectivity index (χ3v) is 4.57. The van der Waals surface area contributed by atoms with Gasteiger partial charge in [-0.1, -0.05) is 23.2 Å². The van der Waals surface area contributed by atoms with Gasteiger partial charge in [-0.05, 0) is 28.1 Å². The van der Waals surface area contributed by atoms with E-state index in [0.717, 1.165) is 0 Å². The number of aromatic carboxylic acids is 1. The highest BCUT2D eigenvalue weighted by molar-refractivity contribution is 9.10. The number of halogens is 3. The number of benzene rings is 1. The Labute approximate surface area is 125 Å². The maximum Gasteiger partial charge on any atom is 0.357 e. The van der Waals surface area contributed by atoms with Gasteiger partial charge in [0.25, 0.3) is 0 Å². The van der Waals surface area contributed by atoms with Crippen molar-refractivity contribution in [3.8, 4) is 0 Å². The zero-order chi connectivity index (χ0) is 13.3. The van der Waals surface area contributed by atoms with Crippen LogP contribution in [0.2, 0.25) is 10.0 Å². The predicted octanol–water partition coefficient (Wildman–Crippen LogP) is 4.65. The molecule has 2 aromatic rings. The second kappa shape index (κ2) is 5.44. The predicted molar refractivity (Wildman–Crippen MR) is 76.5 cm³/mol. The Morgan fingerprint density at radius 1 is 1.39 bits per heavy atom. The van der Waals surface area contributed by atoms with Gasteiger partial charge >= 0.3 is 5.97 Å². The minimum atomic E-state index is -1.10. The minimum Gasteiger partial charge on any atom is -0.476 e. The molecule has 0 aliphatic heterocycles.